The minimum atomic E-state index is -3.92. The molecule has 2 aliphatic heterocycles. The molecule has 4 heterocycles. The molecule has 59 heavy (non-hydrogen) atoms. The van der Waals surface area contributed by atoms with Gasteiger partial charge in [0, 0.05) is 41.3 Å². The first-order chi connectivity index (χ1) is 27.7. The number of piperazine rings is 1. The Labute approximate surface area is 349 Å². The predicted octanol–water partition coefficient (Wildman–Crippen LogP) is 5.46. The molecular weight excluding hydrogens is 797 g/mol. The number of pyridine rings is 1. The summed E-state index contributed by atoms with van der Waals surface area (Å²) in [6.07, 6.45) is 1.05. The van der Waals surface area contributed by atoms with Gasteiger partial charge in [0.25, 0.3) is 5.91 Å². The van der Waals surface area contributed by atoms with Crippen molar-refractivity contribution >= 4 is 56.1 Å². The van der Waals surface area contributed by atoms with Gasteiger partial charge in [-0.15, -0.1) is 17.9 Å². The summed E-state index contributed by atoms with van der Waals surface area (Å²) >= 11 is 1.46. The summed E-state index contributed by atoms with van der Waals surface area (Å²) in [6.45, 7) is 18.7. The number of nitrogens with one attached hydrogen (secondary N) is 2. The molecule has 2 N–H and O–H groups in total. The molecule has 1 aromatic carbocycles. The van der Waals surface area contributed by atoms with Crippen LogP contribution in [0.1, 0.15) is 91.3 Å². The van der Waals surface area contributed by atoms with Crippen LogP contribution in [0.25, 0.3) is 21.6 Å². The zero-order chi connectivity index (χ0) is 42.9. The van der Waals surface area contributed by atoms with E-state index < -0.39 is 80.4 Å². The molecule has 3 aromatic rings. The second-order valence-electron chi connectivity index (χ2n) is 17.8. The number of thiazole rings is 1. The lowest BCUT2D eigenvalue weighted by Gasteiger charge is -2.46. The first-order valence-corrected chi connectivity index (χ1v) is 22.6. The number of carbonyl (C=O) groups is 4. The molecule has 0 spiro atoms. The topological polar surface area (TPSA) is 186 Å². The van der Waals surface area contributed by atoms with Crippen molar-refractivity contribution in [1.82, 2.24) is 29.8 Å². The van der Waals surface area contributed by atoms with E-state index in [1.54, 1.807) is 33.9 Å². The van der Waals surface area contributed by atoms with Crippen LogP contribution in [0.2, 0.25) is 0 Å². The number of benzene rings is 1. The van der Waals surface area contributed by atoms with Gasteiger partial charge in [0.2, 0.25) is 21.8 Å². The van der Waals surface area contributed by atoms with E-state index in [1.807, 2.05) is 38.3 Å². The van der Waals surface area contributed by atoms with Gasteiger partial charge in [0.05, 0.1) is 29.6 Å². The number of hydrogen-bond acceptors (Lipinski definition) is 12. The van der Waals surface area contributed by atoms with Crippen LogP contribution in [0, 0.1) is 18.8 Å². The van der Waals surface area contributed by atoms with Crippen LogP contribution in [-0.2, 0) is 29.1 Å². The van der Waals surface area contributed by atoms with Gasteiger partial charge in [-0.1, -0.05) is 33.8 Å². The lowest BCUT2D eigenvalue weighted by Crippen LogP contribution is -2.67. The van der Waals surface area contributed by atoms with E-state index in [2.05, 4.69) is 30.5 Å². The summed E-state index contributed by atoms with van der Waals surface area (Å²) in [5.74, 6) is -1.59. The second kappa shape index (κ2) is 15.4. The minimum absolute atomic E-state index is 0.00488. The highest BCUT2D eigenvalue weighted by molar-refractivity contribution is 7.91. The summed E-state index contributed by atoms with van der Waals surface area (Å²) in [6, 6.07) is 2.54. The average molecular weight is 851 g/mol. The van der Waals surface area contributed by atoms with Gasteiger partial charge in [-0.3, -0.25) is 24.0 Å². The molecular formula is C42H54N6O9S2. The van der Waals surface area contributed by atoms with Gasteiger partial charge in [-0.2, -0.15) is 0 Å². The highest BCUT2D eigenvalue weighted by atomic mass is 32.2. The number of nitrogens with zero attached hydrogens (tertiary/aromatic N) is 4. The fourth-order valence-electron chi connectivity index (χ4n) is 8.20. The number of aromatic nitrogens is 2. The van der Waals surface area contributed by atoms with Gasteiger partial charge in [0.15, 0.2) is 0 Å². The highest BCUT2D eigenvalue weighted by Crippen LogP contribution is 2.46. The van der Waals surface area contributed by atoms with Gasteiger partial charge < -0.3 is 24.4 Å². The third-order valence-electron chi connectivity index (χ3n) is 11.6. The van der Waals surface area contributed by atoms with Crippen molar-refractivity contribution in [3.8, 4) is 22.2 Å². The lowest BCUT2D eigenvalue weighted by atomic mass is 9.96. The largest absolute Gasteiger partial charge is 0.496 e. The fourth-order valence-corrected chi connectivity index (χ4v) is 10.5. The van der Waals surface area contributed by atoms with Crippen molar-refractivity contribution in [1.29, 1.82) is 0 Å². The first-order valence-electron chi connectivity index (χ1n) is 20.1. The number of ether oxygens (including phenoxy) is 3. The number of aryl methyl sites for hydroxylation is 1. The maximum Gasteiger partial charge on any atom is 0.411 e. The molecule has 7 rings (SSSR count). The normalized spacial score (nSPS) is 25.5. The molecule has 17 heteroatoms. The van der Waals surface area contributed by atoms with Crippen LogP contribution in [0.4, 0.5) is 4.79 Å². The summed E-state index contributed by atoms with van der Waals surface area (Å²) in [5, 5.41) is 5.56. The number of carbonyl (C=O) groups excluding carboxylic acids is 4. The maximum atomic E-state index is 14.8. The lowest BCUT2D eigenvalue weighted by molar-refractivity contribution is -0.153. The van der Waals surface area contributed by atoms with Gasteiger partial charge in [-0.05, 0) is 70.9 Å². The Bertz CT molecular complexity index is 2320. The third kappa shape index (κ3) is 7.99. The average Bonchev–Trinajstić information content (AvgIpc) is 4.05. The molecule has 2 saturated carbocycles. The number of rotatable bonds is 12. The predicted molar refractivity (Wildman–Crippen MR) is 223 cm³/mol. The molecule has 2 saturated heterocycles. The van der Waals surface area contributed by atoms with E-state index >= 15 is 0 Å². The van der Waals surface area contributed by atoms with Gasteiger partial charge in [-0.25, -0.2) is 23.2 Å². The van der Waals surface area contributed by atoms with Gasteiger partial charge >= 0.3 is 6.09 Å². The van der Waals surface area contributed by atoms with Crippen molar-refractivity contribution in [3.05, 3.63) is 47.5 Å². The first kappa shape index (κ1) is 42.4. The SMILES string of the molecule is C=C[C@@H]1C[C@]1(NC(=O)[C@@H]1C[C@@H](Oc2cc(-c3nc(C(C)C)cs3)nc3c(C)c(OC)ccc23)[C@H]2CN(C(=O)OC(C)(C)C)[C@H](C(C)C)C(=O)N21)C(=O)NS(=O)(=O)C1CC1. The molecule has 0 unspecified atom stereocenters. The Hall–Kier alpha value is -4.77. The molecule has 0 radical (unpaired) electrons. The van der Waals surface area contributed by atoms with Crippen LogP contribution in [0.5, 0.6) is 11.5 Å². The number of methoxy groups -OCH3 is 1. The van der Waals surface area contributed by atoms with Crippen molar-refractivity contribution in [2.75, 3.05) is 13.7 Å². The van der Waals surface area contributed by atoms with Crippen LogP contribution in [0.15, 0.2) is 36.2 Å². The van der Waals surface area contributed by atoms with Crippen molar-refractivity contribution < 1.29 is 41.8 Å². The Morgan fingerprint density at radius 3 is 2.39 bits per heavy atom. The molecule has 2 aliphatic carbocycles. The standard InChI is InChI=1S/C42H54N6O9S2/c1-11-24-18-42(24,39(51)46-59(53,54)25-12-13-25)45-36(49)29-17-33(30-19-47(40(52)57-41(7,8)9)35(22(4)5)38(50)48(29)30)56-32-16-27(37-44-28(20-58-37)21(2)3)43-34-23(6)31(55-10)15-14-26(32)34/h11,14-16,20-22,24-25,29-30,33,35H,1,12-13,17-19H2,2-10H3,(H,45,49)(H,46,51)/t24-,29+,30-,33-,35-,42-/m1/s1. The smallest absolute Gasteiger partial charge is 0.411 e. The van der Waals surface area contributed by atoms with E-state index in [0.717, 1.165) is 11.3 Å². The Morgan fingerprint density at radius 2 is 1.81 bits per heavy atom. The maximum absolute atomic E-state index is 14.8. The second-order valence-corrected chi connectivity index (χ2v) is 20.6. The number of sulfonamides is 1. The Kier molecular flexibility index (Phi) is 11.0. The zero-order valence-electron chi connectivity index (χ0n) is 35.0. The van der Waals surface area contributed by atoms with Gasteiger partial charge in [0.1, 0.15) is 51.5 Å². The molecule has 318 valence electrons. The number of hydrogen-bond donors (Lipinski definition) is 2. The van der Waals surface area contributed by atoms with Crippen molar-refractivity contribution in [2.24, 2.45) is 11.8 Å². The van der Waals surface area contributed by atoms with E-state index in [9.17, 15) is 27.6 Å². The molecule has 4 fully saturated rings. The highest BCUT2D eigenvalue weighted by Gasteiger charge is 2.63. The van der Waals surface area contributed by atoms with E-state index in [-0.39, 0.29) is 31.2 Å². The molecule has 0 bridgehead atoms. The molecule has 4 aliphatic rings. The summed E-state index contributed by atoms with van der Waals surface area (Å²) in [5.41, 5.74) is 0.472. The third-order valence-corrected chi connectivity index (χ3v) is 14.3. The number of amides is 4. The van der Waals surface area contributed by atoms with E-state index in [0.29, 0.717) is 45.9 Å². The van der Waals surface area contributed by atoms with Crippen LogP contribution in [0.3, 0.4) is 0 Å². The van der Waals surface area contributed by atoms with E-state index in [1.165, 1.54) is 27.2 Å². The summed E-state index contributed by atoms with van der Waals surface area (Å²) in [4.78, 5) is 69.7. The minimum Gasteiger partial charge on any atom is -0.496 e. The molecule has 6 atom stereocenters. The molecule has 4 amide bonds. The molecule has 15 nitrogen and oxygen atoms in total. The summed E-state index contributed by atoms with van der Waals surface area (Å²) < 4.78 is 46.3. The van der Waals surface area contributed by atoms with Crippen molar-refractivity contribution in [3.63, 3.8) is 0 Å². The quantitative estimate of drug-likeness (QED) is 0.221. The zero-order valence-corrected chi connectivity index (χ0v) is 36.7. The monoisotopic (exact) mass is 850 g/mol. The summed E-state index contributed by atoms with van der Waals surface area (Å²) in [7, 11) is -2.33. The van der Waals surface area contributed by atoms with Crippen LogP contribution in [-0.4, -0.2) is 106 Å². The fraction of sp³-hybridized carbons (Fsp3) is 0.571. The van der Waals surface area contributed by atoms with Crippen LogP contribution >= 0.6 is 11.3 Å². The number of fused-ring (bicyclic) bond motifs is 2. The van der Waals surface area contributed by atoms with E-state index in [4.69, 9.17) is 24.2 Å². The van der Waals surface area contributed by atoms with Crippen LogP contribution < -0.4 is 19.5 Å². The Morgan fingerprint density at radius 1 is 1.10 bits per heavy atom. The Balaban J connectivity index is 1.29. The molecule has 2 aromatic heterocycles. The van der Waals surface area contributed by atoms with Crippen molar-refractivity contribution in [2.45, 2.75) is 128 Å².